The predicted molar refractivity (Wildman–Crippen MR) is 78.8 cm³/mol. The Hall–Kier alpha value is -0.350. The second-order valence-electron chi connectivity index (χ2n) is 5.10. The number of hydrogen-bond acceptors (Lipinski definition) is 3. The Kier molecular flexibility index (Phi) is 5.89. The summed E-state index contributed by atoms with van der Waals surface area (Å²) in [7, 11) is 2.08. The van der Waals surface area contributed by atoms with Crippen molar-refractivity contribution in [1.29, 1.82) is 0 Å². The van der Waals surface area contributed by atoms with Gasteiger partial charge in [-0.3, -0.25) is 4.98 Å². The molecule has 2 heterocycles. The molecule has 0 bridgehead atoms. The highest BCUT2D eigenvalue weighted by molar-refractivity contribution is 6.35. The van der Waals surface area contributed by atoms with Crippen molar-refractivity contribution in [3.63, 3.8) is 0 Å². The maximum atomic E-state index is 6.12. The lowest BCUT2D eigenvalue weighted by Gasteiger charge is -2.25. The van der Waals surface area contributed by atoms with Crippen LogP contribution in [0.2, 0.25) is 10.0 Å². The normalized spacial score (nSPS) is 19.9. The van der Waals surface area contributed by atoms with Crippen LogP contribution in [-0.4, -0.2) is 36.2 Å². The number of pyridine rings is 1. The third-order valence-electron chi connectivity index (χ3n) is 3.49. The minimum Gasteiger partial charge on any atom is -0.378 e. The van der Waals surface area contributed by atoms with Crippen molar-refractivity contribution in [2.75, 3.05) is 20.2 Å². The molecule has 0 saturated carbocycles. The van der Waals surface area contributed by atoms with E-state index in [1.807, 2.05) is 0 Å². The van der Waals surface area contributed by atoms with E-state index in [1.165, 1.54) is 19.3 Å². The Bertz CT molecular complexity index is 388. The van der Waals surface area contributed by atoms with Gasteiger partial charge in [-0.1, -0.05) is 23.2 Å². The Morgan fingerprint density at radius 3 is 2.68 bits per heavy atom. The van der Waals surface area contributed by atoms with Gasteiger partial charge in [0.2, 0.25) is 0 Å². The molecular formula is C14H20Cl2N2O. The Labute approximate surface area is 124 Å². The van der Waals surface area contributed by atoms with Gasteiger partial charge in [0.1, 0.15) is 0 Å². The van der Waals surface area contributed by atoms with E-state index in [2.05, 4.69) is 16.9 Å². The molecule has 2 rings (SSSR count). The van der Waals surface area contributed by atoms with Crippen LogP contribution in [0.3, 0.4) is 0 Å². The maximum absolute atomic E-state index is 6.12. The van der Waals surface area contributed by atoms with Gasteiger partial charge in [0.25, 0.3) is 0 Å². The van der Waals surface area contributed by atoms with Crippen LogP contribution in [0.25, 0.3) is 0 Å². The molecule has 1 atom stereocenters. The van der Waals surface area contributed by atoms with Crippen molar-refractivity contribution in [3.8, 4) is 0 Å². The number of ether oxygens (including phenoxy) is 1. The molecule has 0 aliphatic carbocycles. The molecule has 1 fully saturated rings. The van der Waals surface area contributed by atoms with Crippen LogP contribution >= 0.6 is 23.2 Å². The van der Waals surface area contributed by atoms with Gasteiger partial charge in [0.05, 0.1) is 16.1 Å². The van der Waals surface area contributed by atoms with E-state index >= 15 is 0 Å². The first-order valence-corrected chi connectivity index (χ1v) is 7.50. The van der Waals surface area contributed by atoms with Crippen molar-refractivity contribution >= 4 is 23.2 Å². The first-order chi connectivity index (χ1) is 9.16. The van der Waals surface area contributed by atoms with Crippen LogP contribution in [0, 0.1) is 0 Å². The molecule has 1 aliphatic rings. The van der Waals surface area contributed by atoms with Crippen LogP contribution in [0.5, 0.6) is 0 Å². The lowest BCUT2D eigenvalue weighted by molar-refractivity contribution is 0.00641. The van der Waals surface area contributed by atoms with E-state index in [0.29, 0.717) is 16.1 Å². The zero-order valence-electron chi connectivity index (χ0n) is 11.2. The van der Waals surface area contributed by atoms with Crippen molar-refractivity contribution < 1.29 is 4.74 Å². The Morgan fingerprint density at radius 1 is 1.32 bits per heavy atom. The number of rotatable bonds is 5. The summed E-state index contributed by atoms with van der Waals surface area (Å²) in [6.07, 6.45) is 8.44. The van der Waals surface area contributed by atoms with Crippen LogP contribution < -0.4 is 0 Å². The van der Waals surface area contributed by atoms with Crippen LogP contribution in [0.4, 0.5) is 0 Å². The van der Waals surface area contributed by atoms with Crippen molar-refractivity contribution in [1.82, 2.24) is 9.88 Å². The molecule has 1 saturated heterocycles. The van der Waals surface area contributed by atoms with E-state index in [-0.39, 0.29) is 0 Å². The average Bonchev–Trinajstić information content (AvgIpc) is 2.42. The van der Waals surface area contributed by atoms with Crippen LogP contribution in [-0.2, 0) is 11.3 Å². The van der Waals surface area contributed by atoms with E-state index in [9.17, 15) is 0 Å². The van der Waals surface area contributed by atoms with Crippen molar-refractivity contribution in [2.45, 2.75) is 38.3 Å². The number of nitrogens with zero attached hydrogens (tertiary/aromatic N) is 2. The molecule has 0 unspecified atom stereocenters. The number of hydrogen-bond donors (Lipinski definition) is 0. The lowest BCUT2D eigenvalue weighted by Crippen LogP contribution is -2.27. The molecule has 1 aromatic rings. The fourth-order valence-electron chi connectivity index (χ4n) is 2.34. The molecule has 1 aliphatic heterocycles. The molecular weight excluding hydrogens is 283 g/mol. The molecule has 1 aromatic heterocycles. The lowest BCUT2D eigenvalue weighted by atomic mass is 10.1. The second-order valence-corrected chi connectivity index (χ2v) is 5.91. The van der Waals surface area contributed by atoms with E-state index < -0.39 is 0 Å². The van der Waals surface area contributed by atoms with Gasteiger partial charge >= 0.3 is 0 Å². The van der Waals surface area contributed by atoms with Crippen molar-refractivity contribution in [2.24, 2.45) is 0 Å². The summed E-state index contributed by atoms with van der Waals surface area (Å²) in [5.74, 6) is 0. The fourth-order valence-corrected chi connectivity index (χ4v) is 2.82. The van der Waals surface area contributed by atoms with E-state index in [0.717, 1.165) is 31.7 Å². The average molecular weight is 303 g/mol. The minimum atomic E-state index is 0.416. The highest BCUT2D eigenvalue weighted by atomic mass is 35.5. The third kappa shape index (κ3) is 4.60. The maximum Gasteiger partial charge on any atom is 0.0649 e. The monoisotopic (exact) mass is 302 g/mol. The minimum absolute atomic E-state index is 0.416. The molecule has 0 radical (unpaired) electrons. The summed E-state index contributed by atoms with van der Waals surface area (Å²) in [5.41, 5.74) is 0.949. The van der Waals surface area contributed by atoms with Gasteiger partial charge in [-0.05, 0) is 32.7 Å². The second kappa shape index (κ2) is 7.44. The SMILES string of the molecule is CN(CC[C@@H]1CCCCO1)Cc1c(Cl)cncc1Cl. The van der Waals surface area contributed by atoms with Crippen LogP contribution in [0.15, 0.2) is 12.4 Å². The highest BCUT2D eigenvalue weighted by Gasteiger charge is 2.15. The molecule has 0 N–H and O–H groups in total. The first-order valence-electron chi connectivity index (χ1n) is 6.75. The highest BCUT2D eigenvalue weighted by Crippen LogP contribution is 2.24. The third-order valence-corrected chi connectivity index (χ3v) is 4.14. The standard InChI is InChI=1S/C14H20Cl2N2O/c1-18(6-5-11-4-2-3-7-19-11)10-12-13(15)8-17-9-14(12)16/h8-9,11H,2-7,10H2,1H3/t11-/m0/s1. The summed E-state index contributed by atoms with van der Waals surface area (Å²) >= 11 is 12.2. The molecule has 19 heavy (non-hydrogen) atoms. The molecule has 0 spiro atoms. The van der Waals surface area contributed by atoms with Gasteiger partial charge in [-0.15, -0.1) is 0 Å². The van der Waals surface area contributed by atoms with Crippen molar-refractivity contribution in [3.05, 3.63) is 28.0 Å². The Balaban J connectivity index is 1.82. The summed E-state index contributed by atoms with van der Waals surface area (Å²) in [4.78, 5) is 6.20. The zero-order chi connectivity index (χ0) is 13.7. The quantitative estimate of drug-likeness (QED) is 0.828. The van der Waals surface area contributed by atoms with Gasteiger partial charge in [-0.25, -0.2) is 0 Å². The summed E-state index contributed by atoms with van der Waals surface area (Å²) in [6.45, 7) is 2.64. The van der Waals surface area contributed by atoms with Gasteiger partial charge < -0.3 is 9.64 Å². The summed E-state index contributed by atoms with van der Waals surface area (Å²) in [5, 5.41) is 1.27. The Morgan fingerprint density at radius 2 is 2.05 bits per heavy atom. The molecule has 106 valence electrons. The van der Waals surface area contributed by atoms with E-state index in [1.54, 1.807) is 12.4 Å². The first kappa shape index (κ1) is 15.0. The van der Waals surface area contributed by atoms with Crippen LogP contribution in [0.1, 0.15) is 31.2 Å². The molecule has 0 amide bonds. The fraction of sp³-hybridized carbons (Fsp3) is 0.643. The smallest absolute Gasteiger partial charge is 0.0649 e. The predicted octanol–water partition coefficient (Wildman–Crippen LogP) is 3.78. The van der Waals surface area contributed by atoms with E-state index in [4.69, 9.17) is 27.9 Å². The van der Waals surface area contributed by atoms with Gasteiger partial charge in [-0.2, -0.15) is 0 Å². The molecule has 5 heteroatoms. The molecule has 3 nitrogen and oxygen atoms in total. The van der Waals surface area contributed by atoms with Gasteiger partial charge in [0, 0.05) is 37.7 Å². The zero-order valence-corrected chi connectivity index (χ0v) is 12.8. The topological polar surface area (TPSA) is 25.4 Å². The summed E-state index contributed by atoms with van der Waals surface area (Å²) < 4.78 is 5.74. The van der Waals surface area contributed by atoms with Gasteiger partial charge in [0.15, 0.2) is 0 Å². The summed E-state index contributed by atoms with van der Waals surface area (Å²) in [6, 6.07) is 0. The number of halogens is 2. The molecule has 0 aromatic carbocycles. The number of aromatic nitrogens is 1. The largest absolute Gasteiger partial charge is 0.378 e.